The monoisotopic (exact) mass is 223 g/mol. The molecule has 4 heteroatoms. The molecule has 0 atom stereocenters. The van der Waals surface area contributed by atoms with E-state index in [-0.39, 0.29) is 5.12 Å². The molecule has 1 aromatic carbocycles. The summed E-state index contributed by atoms with van der Waals surface area (Å²) in [5.41, 5.74) is 1.77. The van der Waals surface area contributed by atoms with Gasteiger partial charge in [-0.2, -0.15) is 0 Å². The van der Waals surface area contributed by atoms with Crippen molar-refractivity contribution in [3.05, 3.63) is 29.8 Å². The predicted molar refractivity (Wildman–Crippen MR) is 62.8 cm³/mol. The summed E-state index contributed by atoms with van der Waals surface area (Å²) in [6, 6.07) is 7.52. The van der Waals surface area contributed by atoms with Gasteiger partial charge in [-0.25, -0.2) is 0 Å². The molecule has 1 aromatic rings. The van der Waals surface area contributed by atoms with Gasteiger partial charge in [0.05, 0.1) is 13.2 Å². The Labute approximate surface area is 94.4 Å². The van der Waals surface area contributed by atoms with E-state index in [1.165, 1.54) is 0 Å². The van der Waals surface area contributed by atoms with Crippen LogP contribution in [0, 0.1) is 0 Å². The number of thiol groups is 1. The lowest BCUT2D eigenvalue weighted by Crippen LogP contribution is -2.36. The first kappa shape index (κ1) is 10.5. The Morgan fingerprint density at radius 2 is 1.80 bits per heavy atom. The number of carbonyl (C=O) groups is 1. The van der Waals surface area contributed by atoms with Gasteiger partial charge in [0.25, 0.3) is 0 Å². The smallest absolute Gasteiger partial charge is 0.216 e. The molecule has 0 aromatic heterocycles. The molecule has 0 bridgehead atoms. The number of hydrogen-bond acceptors (Lipinski definition) is 3. The first-order chi connectivity index (χ1) is 7.27. The van der Waals surface area contributed by atoms with Crippen molar-refractivity contribution in [1.29, 1.82) is 0 Å². The van der Waals surface area contributed by atoms with Gasteiger partial charge in [0.2, 0.25) is 5.12 Å². The highest BCUT2D eigenvalue weighted by Crippen LogP contribution is 2.17. The standard InChI is InChI=1S/C11H13NO2S/c13-11(15)9-1-3-10(4-2-9)12-5-7-14-8-6-12/h1-4H,5-8H2,(H,13,15). The van der Waals surface area contributed by atoms with Gasteiger partial charge in [0.1, 0.15) is 0 Å². The van der Waals surface area contributed by atoms with Crippen molar-refractivity contribution in [2.75, 3.05) is 31.2 Å². The molecule has 0 aliphatic carbocycles. The van der Waals surface area contributed by atoms with Gasteiger partial charge in [0.15, 0.2) is 0 Å². The predicted octanol–water partition coefficient (Wildman–Crippen LogP) is 1.59. The highest BCUT2D eigenvalue weighted by atomic mass is 32.1. The molecular formula is C11H13NO2S. The minimum atomic E-state index is -0.191. The molecule has 1 aliphatic heterocycles. The van der Waals surface area contributed by atoms with Crippen molar-refractivity contribution in [2.45, 2.75) is 0 Å². The minimum absolute atomic E-state index is 0.191. The Kier molecular flexibility index (Phi) is 3.28. The summed E-state index contributed by atoms with van der Waals surface area (Å²) in [5.74, 6) is 0. The van der Waals surface area contributed by atoms with Crippen molar-refractivity contribution in [3.8, 4) is 0 Å². The van der Waals surface area contributed by atoms with Gasteiger partial charge in [-0.05, 0) is 24.3 Å². The van der Waals surface area contributed by atoms with Crippen LogP contribution >= 0.6 is 12.6 Å². The lowest BCUT2D eigenvalue weighted by molar-refractivity contribution is 0.109. The van der Waals surface area contributed by atoms with Crippen LogP contribution in [-0.2, 0) is 4.74 Å². The molecule has 0 unspecified atom stereocenters. The Hall–Kier alpha value is -1.00. The number of rotatable bonds is 2. The molecular weight excluding hydrogens is 210 g/mol. The van der Waals surface area contributed by atoms with E-state index in [0.717, 1.165) is 32.0 Å². The number of anilines is 1. The van der Waals surface area contributed by atoms with E-state index >= 15 is 0 Å². The van der Waals surface area contributed by atoms with Crippen molar-refractivity contribution in [1.82, 2.24) is 0 Å². The molecule has 80 valence electrons. The van der Waals surface area contributed by atoms with Crippen molar-refractivity contribution >= 4 is 23.4 Å². The largest absolute Gasteiger partial charge is 0.378 e. The zero-order valence-corrected chi connectivity index (χ0v) is 9.24. The highest BCUT2D eigenvalue weighted by molar-refractivity contribution is 7.97. The van der Waals surface area contributed by atoms with Gasteiger partial charge < -0.3 is 9.64 Å². The molecule has 0 N–H and O–H groups in total. The van der Waals surface area contributed by atoms with Crippen LogP contribution in [0.2, 0.25) is 0 Å². The summed E-state index contributed by atoms with van der Waals surface area (Å²) in [5, 5.41) is -0.191. The van der Waals surface area contributed by atoms with Crippen LogP contribution in [0.25, 0.3) is 0 Å². The molecule has 1 heterocycles. The summed E-state index contributed by atoms with van der Waals surface area (Å²) in [6.07, 6.45) is 0. The van der Waals surface area contributed by atoms with E-state index in [1.807, 2.05) is 12.1 Å². The average Bonchev–Trinajstić information content (AvgIpc) is 2.30. The second-order valence-corrected chi connectivity index (χ2v) is 3.86. The topological polar surface area (TPSA) is 29.5 Å². The van der Waals surface area contributed by atoms with Crippen molar-refractivity contribution < 1.29 is 9.53 Å². The Bertz CT molecular complexity index is 344. The second-order valence-electron chi connectivity index (χ2n) is 3.45. The fourth-order valence-corrected chi connectivity index (χ4v) is 1.79. The van der Waals surface area contributed by atoms with E-state index in [9.17, 15) is 4.79 Å². The number of hydrogen-bond donors (Lipinski definition) is 1. The molecule has 0 radical (unpaired) electrons. The summed E-state index contributed by atoms with van der Waals surface area (Å²) >= 11 is 3.78. The normalized spacial score (nSPS) is 16.5. The SMILES string of the molecule is O=C(S)c1ccc(N2CCOCC2)cc1. The van der Waals surface area contributed by atoms with Crippen LogP contribution in [0.4, 0.5) is 5.69 Å². The third-order valence-corrected chi connectivity index (χ3v) is 2.75. The molecule has 0 amide bonds. The van der Waals surface area contributed by atoms with Crippen LogP contribution in [0.1, 0.15) is 10.4 Å². The maximum Gasteiger partial charge on any atom is 0.216 e. The molecule has 0 saturated carbocycles. The van der Waals surface area contributed by atoms with Crippen LogP contribution in [0.3, 0.4) is 0 Å². The lowest BCUT2D eigenvalue weighted by atomic mass is 10.2. The van der Waals surface area contributed by atoms with E-state index in [0.29, 0.717) is 5.56 Å². The first-order valence-corrected chi connectivity index (χ1v) is 5.38. The van der Waals surface area contributed by atoms with Crippen LogP contribution in [0.15, 0.2) is 24.3 Å². The number of ether oxygens (including phenoxy) is 1. The number of morpholine rings is 1. The van der Waals surface area contributed by atoms with Crippen LogP contribution < -0.4 is 4.90 Å². The van der Waals surface area contributed by atoms with Crippen LogP contribution in [0.5, 0.6) is 0 Å². The maximum atomic E-state index is 11.0. The van der Waals surface area contributed by atoms with Crippen molar-refractivity contribution in [3.63, 3.8) is 0 Å². The number of benzene rings is 1. The summed E-state index contributed by atoms with van der Waals surface area (Å²) < 4.78 is 5.28. The number of carbonyl (C=O) groups excluding carboxylic acids is 1. The summed E-state index contributed by atoms with van der Waals surface area (Å²) in [4.78, 5) is 13.2. The third kappa shape index (κ3) is 2.52. The highest BCUT2D eigenvalue weighted by Gasteiger charge is 2.11. The van der Waals surface area contributed by atoms with Gasteiger partial charge in [-0.3, -0.25) is 4.79 Å². The second kappa shape index (κ2) is 4.68. The molecule has 15 heavy (non-hydrogen) atoms. The third-order valence-electron chi connectivity index (χ3n) is 2.49. The van der Waals surface area contributed by atoms with Crippen molar-refractivity contribution in [2.24, 2.45) is 0 Å². The lowest BCUT2D eigenvalue weighted by Gasteiger charge is -2.28. The summed E-state index contributed by atoms with van der Waals surface area (Å²) in [6.45, 7) is 3.36. The molecule has 1 fully saturated rings. The van der Waals surface area contributed by atoms with Gasteiger partial charge in [-0.1, -0.05) is 0 Å². The Morgan fingerprint density at radius 3 is 2.33 bits per heavy atom. The maximum absolute atomic E-state index is 11.0. The molecule has 1 aliphatic rings. The van der Waals surface area contributed by atoms with E-state index in [1.54, 1.807) is 12.1 Å². The molecule has 0 spiro atoms. The van der Waals surface area contributed by atoms with E-state index in [4.69, 9.17) is 4.74 Å². The summed E-state index contributed by atoms with van der Waals surface area (Å²) in [7, 11) is 0. The fourth-order valence-electron chi connectivity index (χ4n) is 1.64. The zero-order chi connectivity index (χ0) is 10.7. The Balaban J connectivity index is 2.11. The molecule has 3 nitrogen and oxygen atoms in total. The van der Waals surface area contributed by atoms with Crippen LogP contribution in [-0.4, -0.2) is 31.4 Å². The van der Waals surface area contributed by atoms with E-state index in [2.05, 4.69) is 17.5 Å². The quantitative estimate of drug-likeness (QED) is 0.772. The molecule has 2 rings (SSSR count). The van der Waals surface area contributed by atoms with E-state index < -0.39 is 0 Å². The molecule has 1 saturated heterocycles. The van der Waals surface area contributed by atoms with Gasteiger partial charge >= 0.3 is 0 Å². The minimum Gasteiger partial charge on any atom is -0.378 e. The fraction of sp³-hybridized carbons (Fsp3) is 0.364. The number of nitrogens with zero attached hydrogens (tertiary/aromatic N) is 1. The van der Waals surface area contributed by atoms with Gasteiger partial charge in [0, 0.05) is 24.3 Å². The zero-order valence-electron chi connectivity index (χ0n) is 8.35. The van der Waals surface area contributed by atoms with Gasteiger partial charge in [-0.15, -0.1) is 12.6 Å². The first-order valence-electron chi connectivity index (χ1n) is 4.93. The Morgan fingerprint density at radius 1 is 1.20 bits per heavy atom. The average molecular weight is 223 g/mol.